The highest BCUT2D eigenvalue weighted by Gasteiger charge is 2.29. The van der Waals surface area contributed by atoms with Crippen LogP contribution in [0, 0.1) is 5.92 Å². The Morgan fingerprint density at radius 3 is 2.79 bits per heavy atom. The van der Waals surface area contributed by atoms with E-state index in [0.717, 1.165) is 36.7 Å². The van der Waals surface area contributed by atoms with E-state index < -0.39 is 5.97 Å². The number of fused-ring (bicyclic) bond motifs is 1. The van der Waals surface area contributed by atoms with Crippen molar-refractivity contribution in [2.45, 2.75) is 65.0 Å². The zero-order chi connectivity index (χ0) is 20.8. The average molecular weight is 399 g/mol. The number of esters is 1. The molecule has 0 bridgehead atoms. The molecule has 0 unspecified atom stereocenters. The molecule has 7 heteroatoms. The summed E-state index contributed by atoms with van der Waals surface area (Å²) in [7, 11) is 0. The maximum atomic E-state index is 12.8. The van der Waals surface area contributed by atoms with Crippen LogP contribution in [0.4, 0.5) is 0 Å². The Labute approximate surface area is 170 Å². The number of aryl methyl sites for hydroxylation is 2. The Morgan fingerprint density at radius 1 is 1.31 bits per heavy atom. The van der Waals surface area contributed by atoms with Gasteiger partial charge in [-0.25, -0.2) is 4.98 Å². The van der Waals surface area contributed by atoms with Crippen LogP contribution in [0.25, 0.3) is 11.0 Å². The predicted octanol–water partition coefficient (Wildman–Crippen LogP) is 2.59. The molecule has 1 amide bonds. The summed E-state index contributed by atoms with van der Waals surface area (Å²) in [6.45, 7) is 4.37. The minimum Gasteiger partial charge on any atom is -0.456 e. The molecule has 3 rings (SSSR count). The van der Waals surface area contributed by atoms with E-state index in [1.807, 2.05) is 31.2 Å². The van der Waals surface area contributed by atoms with Crippen molar-refractivity contribution in [2.24, 2.45) is 5.92 Å². The van der Waals surface area contributed by atoms with E-state index in [-0.39, 0.29) is 37.0 Å². The van der Waals surface area contributed by atoms with Crippen LogP contribution < -0.4 is 10.9 Å². The summed E-state index contributed by atoms with van der Waals surface area (Å²) < 4.78 is 6.80. The standard InChI is InChI=1S/C22H29N3O4/c1-3-4-13-25-19-8-6-5-7-17(19)24-18(22(25)28)11-12-21(27)29-14-20(26)23-15(2)16-9-10-16/h5-8,15-16H,3-4,9-14H2,1-2H3,(H,23,26)/t15-/m0/s1. The van der Waals surface area contributed by atoms with Gasteiger partial charge in [-0.3, -0.25) is 14.4 Å². The number of ether oxygens (including phenoxy) is 1. The van der Waals surface area contributed by atoms with Gasteiger partial charge in [-0.15, -0.1) is 0 Å². The lowest BCUT2D eigenvalue weighted by Crippen LogP contribution is -2.37. The van der Waals surface area contributed by atoms with Gasteiger partial charge in [0, 0.05) is 19.0 Å². The first kappa shape index (κ1) is 21.0. The predicted molar refractivity (Wildman–Crippen MR) is 111 cm³/mol. The monoisotopic (exact) mass is 399 g/mol. The topological polar surface area (TPSA) is 90.3 Å². The summed E-state index contributed by atoms with van der Waals surface area (Å²) in [5, 5.41) is 2.85. The van der Waals surface area contributed by atoms with Gasteiger partial charge in [0.05, 0.1) is 17.5 Å². The number of nitrogens with zero attached hydrogens (tertiary/aromatic N) is 2. The fourth-order valence-electron chi connectivity index (χ4n) is 3.39. The largest absolute Gasteiger partial charge is 0.456 e. The van der Waals surface area contributed by atoms with Crippen molar-refractivity contribution in [3.63, 3.8) is 0 Å². The van der Waals surface area contributed by atoms with Crippen molar-refractivity contribution in [3.05, 3.63) is 40.3 Å². The second-order valence-corrected chi connectivity index (χ2v) is 7.71. The molecular formula is C22H29N3O4. The van der Waals surface area contributed by atoms with E-state index >= 15 is 0 Å². The second kappa shape index (κ2) is 9.67. The summed E-state index contributed by atoms with van der Waals surface area (Å²) in [5.41, 5.74) is 1.73. The van der Waals surface area contributed by atoms with Gasteiger partial charge in [-0.1, -0.05) is 25.5 Å². The van der Waals surface area contributed by atoms with Gasteiger partial charge in [0.15, 0.2) is 6.61 Å². The number of hydrogen-bond acceptors (Lipinski definition) is 5. The van der Waals surface area contributed by atoms with Gasteiger partial charge in [0.2, 0.25) is 0 Å². The molecule has 1 fully saturated rings. The summed E-state index contributed by atoms with van der Waals surface area (Å²) in [6.07, 6.45) is 4.34. The molecule has 1 heterocycles. The van der Waals surface area contributed by atoms with Gasteiger partial charge in [-0.2, -0.15) is 0 Å². The Morgan fingerprint density at radius 2 is 2.07 bits per heavy atom. The van der Waals surface area contributed by atoms with Crippen molar-refractivity contribution in [2.75, 3.05) is 6.61 Å². The number of benzene rings is 1. The second-order valence-electron chi connectivity index (χ2n) is 7.71. The number of amides is 1. The minimum atomic E-state index is -0.506. The first-order valence-electron chi connectivity index (χ1n) is 10.4. The van der Waals surface area contributed by atoms with Crippen LogP contribution in [0.1, 0.15) is 51.6 Å². The third kappa shape index (κ3) is 5.65. The molecule has 1 aliphatic rings. The summed E-state index contributed by atoms with van der Waals surface area (Å²) >= 11 is 0. The molecule has 156 valence electrons. The van der Waals surface area contributed by atoms with Crippen LogP contribution in [-0.2, 0) is 27.3 Å². The van der Waals surface area contributed by atoms with E-state index in [2.05, 4.69) is 17.2 Å². The Balaban J connectivity index is 1.59. The fraction of sp³-hybridized carbons (Fsp3) is 0.545. The zero-order valence-electron chi connectivity index (χ0n) is 17.1. The van der Waals surface area contributed by atoms with Gasteiger partial charge in [0.25, 0.3) is 11.5 Å². The smallest absolute Gasteiger partial charge is 0.306 e. The molecule has 1 aliphatic carbocycles. The van der Waals surface area contributed by atoms with Crippen LogP contribution in [-0.4, -0.2) is 34.1 Å². The molecule has 2 aromatic rings. The van der Waals surface area contributed by atoms with E-state index in [1.54, 1.807) is 4.57 Å². The highest BCUT2D eigenvalue weighted by atomic mass is 16.5. The average Bonchev–Trinajstić information content (AvgIpc) is 3.55. The third-order valence-electron chi connectivity index (χ3n) is 5.30. The number of carbonyl (C=O) groups excluding carboxylic acids is 2. The number of nitrogens with one attached hydrogen (secondary N) is 1. The van der Waals surface area contributed by atoms with Crippen LogP contribution in [0.2, 0.25) is 0 Å². The van der Waals surface area contributed by atoms with E-state index in [0.29, 0.717) is 18.2 Å². The lowest BCUT2D eigenvalue weighted by Gasteiger charge is -2.13. The van der Waals surface area contributed by atoms with Gasteiger partial charge in [-0.05, 0) is 44.2 Å². The molecule has 1 N–H and O–H groups in total. The summed E-state index contributed by atoms with van der Waals surface area (Å²) in [4.78, 5) is 41.2. The molecule has 0 aliphatic heterocycles. The number of para-hydroxylation sites is 2. The highest BCUT2D eigenvalue weighted by molar-refractivity contribution is 5.81. The zero-order valence-corrected chi connectivity index (χ0v) is 17.1. The summed E-state index contributed by atoms with van der Waals surface area (Å²) in [5.74, 6) is -0.249. The lowest BCUT2D eigenvalue weighted by molar-refractivity contribution is -0.148. The maximum absolute atomic E-state index is 12.8. The van der Waals surface area contributed by atoms with Gasteiger partial charge >= 0.3 is 5.97 Å². The molecule has 0 radical (unpaired) electrons. The van der Waals surface area contributed by atoms with E-state index in [1.165, 1.54) is 0 Å². The molecule has 1 atom stereocenters. The Kier molecular flexibility index (Phi) is 7.01. The van der Waals surface area contributed by atoms with Crippen LogP contribution in [0.15, 0.2) is 29.1 Å². The number of aromatic nitrogens is 2. The molecule has 0 saturated heterocycles. The maximum Gasteiger partial charge on any atom is 0.306 e. The molecule has 0 spiro atoms. The highest BCUT2D eigenvalue weighted by Crippen LogP contribution is 2.32. The normalized spacial score (nSPS) is 14.6. The van der Waals surface area contributed by atoms with Gasteiger partial charge in [0.1, 0.15) is 5.69 Å². The van der Waals surface area contributed by atoms with Crippen molar-refractivity contribution in [1.82, 2.24) is 14.9 Å². The number of hydrogen-bond donors (Lipinski definition) is 1. The molecule has 29 heavy (non-hydrogen) atoms. The van der Waals surface area contributed by atoms with E-state index in [9.17, 15) is 14.4 Å². The number of carbonyl (C=O) groups is 2. The van der Waals surface area contributed by atoms with Crippen molar-refractivity contribution in [1.29, 1.82) is 0 Å². The van der Waals surface area contributed by atoms with E-state index in [4.69, 9.17) is 4.74 Å². The first-order chi connectivity index (χ1) is 14.0. The number of unbranched alkanes of at least 4 members (excludes halogenated alkanes) is 1. The Hall–Kier alpha value is -2.70. The number of rotatable bonds is 10. The first-order valence-corrected chi connectivity index (χ1v) is 10.4. The molecular weight excluding hydrogens is 370 g/mol. The molecule has 1 aromatic carbocycles. The van der Waals surface area contributed by atoms with Crippen molar-refractivity contribution < 1.29 is 14.3 Å². The fourth-order valence-corrected chi connectivity index (χ4v) is 3.39. The third-order valence-corrected chi connectivity index (χ3v) is 5.30. The van der Waals surface area contributed by atoms with Crippen molar-refractivity contribution >= 4 is 22.9 Å². The molecule has 1 aromatic heterocycles. The summed E-state index contributed by atoms with van der Waals surface area (Å²) in [6, 6.07) is 7.63. The molecule has 1 saturated carbocycles. The molecule has 7 nitrogen and oxygen atoms in total. The van der Waals surface area contributed by atoms with Crippen LogP contribution in [0.5, 0.6) is 0 Å². The quantitative estimate of drug-likeness (QED) is 0.620. The van der Waals surface area contributed by atoms with Crippen LogP contribution >= 0.6 is 0 Å². The van der Waals surface area contributed by atoms with Crippen molar-refractivity contribution in [3.8, 4) is 0 Å². The Bertz CT molecular complexity index is 933. The minimum absolute atomic E-state index is 0.0137. The lowest BCUT2D eigenvalue weighted by atomic mass is 10.2. The van der Waals surface area contributed by atoms with Crippen LogP contribution in [0.3, 0.4) is 0 Å². The van der Waals surface area contributed by atoms with Gasteiger partial charge < -0.3 is 14.6 Å². The SMILES string of the molecule is CCCCn1c(=O)c(CCC(=O)OCC(=O)N[C@@H](C)C2CC2)nc2ccccc21.